The number of thioether (sulfide) groups is 1. The summed E-state index contributed by atoms with van der Waals surface area (Å²) in [5, 5.41) is 0. The first-order valence-electron chi connectivity index (χ1n) is 7.42. The smallest absolute Gasteiger partial charge is 0.422 e. The van der Waals surface area contributed by atoms with Gasteiger partial charge in [-0.1, -0.05) is 12.1 Å². The normalized spacial score (nSPS) is 14.3. The third-order valence-electron chi connectivity index (χ3n) is 3.55. The van der Waals surface area contributed by atoms with Crippen LogP contribution in [0.3, 0.4) is 0 Å². The fourth-order valence-corrected chi connectivity index (χ4v) is 3.46. The Balaban J connectivity index is 1.71. The molecule has 8 heteroatoms. The Morgan fingerprint density at radius 1 is 1.25 bits per heavy atom. The molecule has 0 bridgehead atoms. The number of halogens is 3. The van der Waals surface area contributed by atoms with E-state index < -0.39 is 12.8 Å². The number of aryl methyl sites for hydroxylation is 1. The van der Waals surface area contributed by atoms with Crippen molar-refractivity contribution in [1.82, 2.24) is 9.55 Å². The first-order chi connectivity index (χ1) is 11.4. The van der Waals surface area contributed by atoms with Crippen LogP contribution in [-0.2, 0) is 13.0 Å². The second-order valence-corrected chi connectivity index (χ2v) is 6.56. The van der Waals surface area contributed by atoms with Crippen LogP contribution in [-0.4, -0.2) is 28.1 Å². The minimum Gasteiger partial charge on any atom is -0.484 e. The van der Waals surface area contributed by atoms with Crippen LogP contribution in [0.5, 0.6) is 5.75 Å². The molecule has 1 aliphatic rings. The Morgan fingerprint density at radius 3 is 2.71 bits per heavy atom. The number of nitrogens with zero attached hydrogens (tertiary/aromatic N) is 2. The summed E-state index contributed by atoms with van der Waals surface area (Å²) in [6.07, 6.45) is -0.989. The van der Waals surface area contributed by atoms with E-state index in [1.165, 1.54) is 34.8 Å². The zero-order chi connectivity index (χ0) is 17.2. The Morgan fingerprint density at radius 2 is 2.00 bits per heavy atom. The molecule has 0 N–H and O–H groups in total. The number of rotatable bonds is 4. The summed E-state index contributed by atoms with van der Waals surface area (Å²) in [5.74, 6) is 1.06. The topological polar surface area (TPSA) is 44.1 Å². The predicted octanol–water partition coefficient (Wildman–Crippen LogP) is 3.27. The summed E-state index contributed by atoms with van der Waals surface area (Å²) in [6, 6.07) is 6.22. The molecule has 0 saturated carbocycles. The molecule has 0 unspecified atom stereocenters. The molecule has 1 aromatic heterocycles. The SMILES string of the molecule is O=c1c2c(ncn1Cc1ccc(OCC(F)(F)F)cc1)CCCS2. The summed E-state index contributed by atoms with van der Waals surface area (Å²) in [5.41, 5.74) is 1.57. The predicted molar refractivity (Wildman–Crippen MR) is 84.6 cm³/mol. The Hall–Kier alpha value is -1.96. The lowest BCUT2D eigenvalue weighted by Gasteiger charge is -2.15. The van der Waals surface area contributed by atoms with E-state index in [0.29, 0.717) is 11.4 Å². The van der Waals surface area contributed by atoms with Crippen LogP contribution in [0.25, 0.3) is 0 Å². The third kappa shape index (κ3) is 4.11. The van der Waals surface area contributed by atoms with Gasteiger partial charge in [0.15, 0.2) is 6.61 Å². The van der Waals surface area contributed by atoms with Crippen LogP contribution in [0, 0.1) is 0 Å². The van der Waals surface area contributed by atoms with Gasteiger partial charge in [0.25, 0.3) is 5.56 Å². The van der Waals surface area contributed by atoms with Crippen LogP contribution in [0.1, 0.15) is 17.7 Å². The van der Waals surface area contributed by atoms with E-state index in [-0.39, 0.29) is 11.3 Å². The highest BCUT2D eigenvalue weighted by atomic mass is 32.2. The highest BCUT2D eigenvalue weighted by Crippen LogP contribution is 2.25. The first kappa shape index (κ1) is 16.9. The van der Waals surface area contributed by atoms with Crippen molar-refractivity contribution in [3.05, 3.63) is 52.2 Å². The van der Waals surface area contributed by atoms with E-state index in [1.807, 2.05) is 0 Å². The number of hydrogen-bond acceptors (Lipinski definition) is 4. The maximum Gasteiger partial charge on any atom is 0.422 e. The number of hydrogen-bond donors (Lipinski definition) is 0. The van der Waals surface area contributed by atoms with Crippen molar-refractivity contribution in [2.75, 3.05) is 12.4 Å². The molecule has 2 aromatic rings. The molecular weight excluding hydrogens is 341 g/mol. The molecule has 0 amide bonds. The van der Waals surface area contributed by atoms with Crippen LogP contribution in [0.2, 0.25) is 0 Å². The van der Waals surface area contributed by atoms with Gasteiger partial charge in [0.1, 0.15) is 5.75 Å². The van der Waals surface area contributed by atoms with E-state index >= 15 is 0 Å². The van der Waals surface area contributed by atoms with Gasteiger partial charge < -0.3 is 4.74 Å². The van der Waals surface area contributed by atoms with Crippen molar-refractivity contribution in [1.29, 1.82) is 0 Å². The molecule has 128 valence electrons. The van der Waals surface area contributed by atoms with Gasteiger partial charge in [-0.25, -0.2) is 4.98 Å². The molecule has 0 radical (unpaired) electrons. The maximum atomic E-state index is 12.5. The van der Waals surface area contributed by atoms with Gasteiger partial charge >= 0.3 is 6.18 Å². The molecule has 0 saturated heterocycles. The largest absolute Gasteiger partial charge is 0.484 e. The zero-order valence-electron chi connectivity index (χ0n) is 12.7. The highest BCUT2D eigenvalue weighted by molar-refractivity contribution is 7.99. The maximum absolute atomic E-state index is 12.5. The fraction of sp³-hybridized carbons (Fsp3) is 0.375. The van der Waals surface area contributed by atoms with Crippen molar-refractivity contribution in [2.24, 2.45) is 0 Å². The van der Waals surface area contributed by atoms with Gasteiger partial charge in [0, 0.05) is 0 Å². The lowest BCUT2D eigenvalue weighted by molar-refractivity contribution is -0.153. The first-order valence-corrected chi connectivity index (χ1v) is 8.40. The van der Waals surface area contributed by atoms with E-state index in [4.69, 9.17) is 0 Å². The number of benzene rings is 1. The molecule has 0 aliphatic carbocycles. The molecule has 1 aliphatic heterocycles. The Labute approximate surface area is 140 Å². The lowest BCUT2D eigenvalue weighted by atomic mass is 10.2. The molecule has 0 spiro atoms. The average molecular weight is 356 g/mol. The fourth-order valence-electron chi connectivity index (χ4n) is 2.41. The van der Waals surface area contributed by atoms with Crippen molar-refractivity contribution in [2.45, 2.75) is 30.5 Å². The number of alkyl halides is 3. The monoisotopic (exact) mass is 356 g/mol. The van der Waals surface area contributed by atoms with Crippen LogP contribution < -0.4 is 10.3 Å². The summed E-state index contributed by atoms with van der Waals surface area (Å²) in [6.45, 7) is -1.00. The summed E-state index contributed by atoms with van der Waals surface area (Å²) >= 11 is 1.53. The summed E-state index contributed by atoms with van der Waals surface area (Å²) < 4.78 is 42.5. The minimum atomic E-state index is -4.36. The van der Waals surface area contributed by atoms with E-state index in [2.05, 4.69) is 9.72 Å². The standard InChI is InChI=1S/C16H15F3N2O2S/c17-16(18,19)9-23-12-5-3-11(4-6-12)8-21-10-20-13-2-1-7-24-14(13)15(21)22/h3-6,10H,1-2,7-9H2. The molecule has 4 nitrogen and oxygen atoms in total. The molecule has 2 heterocycles. The van der Waals surface area contributed by atoms with Gasteiger partial charge in [-0.15, -0.1) is 11.8 Å². The number of ether oxygens (including phenoxy) is 1. The Bertz CT molecular complexity index is 772. The van der Waals surface area contributed by atoms with Crippen LogP contribution in [0.4, 0.5) is 13.2 Å². The van der Waals surface area contributed by atoms with Crippen molar-refractivity contribution in [3.63, 3.8) is 0 Å². The molecular formula is C16H15F3N2O2S. The average Bonchev–Trinajstić information content (AvgIpc) is 2.56. The van der Waals surface area contributed by atoms with Crippen LogP contribution in [0.15, 0.2) is 40.3 Å². The number of fused-ring (bicyclic) bond motifs is 1. The lowest BCUT2D eigenvalue weighted by Crippen LogP contribution is -2.25. The van der Waals surface area contributed by atoms with Crippen LogP contribution >= 0.6 is 11.8 Å². The van der Waals surface area contributed by atoms with E-state index in [1.54, 1.807) is 12.1 Å². The Kier molecular flexibility index (Phi) is 4.84. The van der Waals surface area contributed by atoms with E-state index in [0.717, 1.165) is 29.9 Å². The zero-order valence-corrected chi connectivity index (χ0v) is 13.5. The van der Waals surface area contributed by atoms with E-state index in [9.17, 15) is 18.0 Å². The van der Waals surface area contributed by atoms with Crippen molar-refractivity contribution < 1.29 is 17.9 Å². The quantitative estimate of drug-likeness (QED) is 0.843. The molecule has 24 heavy (non-hydrogen) atoms. The van der Waals surface area contributed by atoms with Gasteiger partial charge in [-0.05, 0) is 36.3 Å². The molecule has 0 fully saturated rings. The number of aromatic nitrogens is 2. The summed E-state index contributed by atoms with van der Waals surface area (Å²) in [4.78, 5) is 17.5. The summed E-state index contributed by atoms with van der Waals surface area (Å²) in [7, 11) is 0. The second kappa shape index (κ2) is 6.88. The minimum absolute atomic E-state index is 0.0675. The highest BCUT2D eigenvalue weighted by Gasteiger charge is 2.28. The molecule has 3 rings (SSSR count). The van der Waals surface area contributed by atoms with Gasteiger partial charge in [-0.3, -0.25) is 9.36 Å². The van der Waals surface area contributed by atoms with Gasteiger partial charge in [0.2, 0.25) is 0 Å². The third-order valence-corrected chi connectivity index (χ3v) is 4.74. The second-order valence-electron chi connectivity index (χ2n) is 5.45. The van der Waals surface area contributed by atoms with Gasteiger partial charge in [-0.2, -0.15) is 13.2 Å². The van der Waals surface area contributed by atoms with Gasteiger partial charge in [0.05, 0.1) is 23.5 Å². The molecule has 0 atom stereocenters. The molecule has 1 aromatic carbocycles. The van der Waals surface area contributed by atoms with Crippen molar-refractivity contribution in [3.8, 4) is 5.75 Å². The van der Waals surface area contributed by atoms with Crippen molar-refractivity contribution >= 4 is 11.8 Å².